The molecule has 4 aromatic carbocycles. The van der Waals surface area contributed by atoms with Gasteiger partial charge in [-0.1, -0.05) is 42.5 Å². The molecule has 176 valence electrons. The van der Waals surface area contributed by atoms with E-state index >= 15 is 0 Å². The van der Waals surface area contributed by atoms with Gasteiger partial charge in [0, 0.05) is 18.0 Å². The zero-order valence-electron chi connectivity index (χ0n) is 19.3. The van der Waals surface area contributed by atoms with Crippen LogP contribution >= 0.6 is 0 Å². The van der Waals surface area contributed by atoms with Crippen molar-refractivity contribution in [3.8, 4) is 34.1 Å². The van der Waals surface area contributed by atoms with Crippen molar-refractivity contribution in [1.82, 2.24) is 0 Å². The van der Waals surface area contributed by atoms with Gasteiger partial charge in [-0.2, -0.15) is 0 Å². The number of benzene rings is 4. The first-order valence-corrected chi connectivity index (χ1v) is 11.0. The van der Waals surface area contributed by atoms with Crippen LogP contribution in [0.3, 0.4) is 0 Å². The predicted molar refractivity (Wildman–Crippen MR) is 133 cm³/mol. The topological polar surface area (TPSA) is 74.3 Å². The lowest BCUT2D eigenvalue weighted by Crippen LogP contribution is -2.15. The number of nitrogens with zero attached hydrogens (tertiary/aromatic N) is 1. The summed E-state index contributed by atoms with van der Waals surface area (Å²) >= 11 is 0. The molecule has 0 saturated heterocycles. The van der Waals surface area contributed by atoms with E-state index in [1.54, 1.807) is 13.1 Å². The summed E-state index contributed by atoms with van der Waals surface area (Å²) in [6, 6.07) is 20.9. The molecule has 0 aromatic heterocycles. The Labute approximate surface area is 202 Å². The van der Waals surface area contributed by atoms with Crippen LogP contribution in [0.4, 0.5) is 5.69 Å². The van der Waals surface area contributed by atoms with Crippen LogP contribution < -0.4 is 23.8 Å². The van der Waals surface area contributed by atoms with Crippen molar-refractivity contribution in [3.63, 3.8) is 0 Å². The Bertz CT molecular complexity index is 1420. The van der Waals surface area contributed by atoms with Gasteiger partial charge in [0.25, 0.3) is 0 Å². The summed E-state index contributed by atoms with van der Waals surface area (Å²) in [7, 11) is 3.17. The van der Waals surface area contributed by atoms with Gasteiger partial charge in [-0.15, -0.1) is 0 Å². The Morgan fingerprint density at radius 1 is 0.943 bits per heavy atom. The molecule has 4 aromatic rings. The third kappa shape index (κ3) is 4.01. The molecule has 0 atom stereocenters. The molecule has 0 saturated carbocycles. The molecule has 0 unspecified atom stereocenters. The number of amides is 1. The van der Waals surface area contributed by atoms with Gasteiger partial charge < -0.3 is 23.8 Å². The van der Waals surface area contributed by atoms with Crippen LogP contribution in [-0.4, -0.2) is 33.6 Å². The maximum atomic E-state index is 12.3. The summed E-state index contributed by atoms with van der Waals surface area (Å²) in [4.78, 5) is 25.7. The summed E-state index contributed by atoms with van der Waals surface area (Å²) in [6.07, 6.45) is 1.48. The van der Waals surface area contributed by atoms with E-state index in [2.05, 4.69) is 0 Å². The number of carbonyl (C=O) groups is 2. The van der Waals surface area contributed by atoms with Gasteiger partial charge in [0.05, 0.1) is 18.4 Å². The van der Waals surface area contributed by atoms with Gasteiger partial charge in [0.15, 0.2) is 29.3 Å². The molecule has 7 heteroatoms. The molecule has 0 fully saturated rings. The summed E-state index contributed by atoms with van der Waals surface area (Å²) in [6.45, 7) is 0.478. The van der Waals surface area contributed by atoms with Crippen LogP contribution in [0, 0.1) is 0 Å². The second-order valence-electron chi connectivity index (χ2n) is 8.05. The molecule has 1 aliphatic heterocycles. The Morgan fingerprint density at radius 2 is 1.69 bits per heavy atom. The lowest BCUT2D eigenvalue weighted by molar-refractivity contribution is -0.107. The van der Waals surface area contributed by atoms with E-state index in [1.165, 1.54) is 12.0 Å². The Balaban J connectivity index is 1.65. The van der Waals surface area contributed by atoms with E-state index in [4.69, 9.17) is 18.9 Å². The molecule has 0 aliphatic carbocycles. The van der Waals surface area contributed by atoms with E-state index in [-0.39, 0.29) is 6.79 Å². The molecule has 7 nitrogen and oxygen atoms in total. The second-order valence-corrected chi connectivity index (χ2v) is 8.05. The van der Waals surface area contributed by atoms with Gasteiger partial charge in [-0.3, -0.25) is 9.59 Å². The molecule has 1 amide bonds. The molecular weight excluding hydrogens is 446 g/mol. The fraction of sp³-hybridized carbons (Fsp3) is 0.143. The van der Waals surface area contributed by atoms with Gasteiger partial charge in [0.2, 0.25) is 13.2 Å². The fourth-order valence-corrected chi connectivity index (χ4v) is 4.34. The van der Waals surface area contributed by atoms with E-state index in [0.717, 1.165) is 29.0 Å². The molecule has 5 rings (SSSR count). The first-order chi connectivity index (χ1) is 17.1. The van der Waals surface area contributed by atoms with Crippen molar-refractivity contribution < 1.29 is 28.5 Å². The van der Waals surface area contributed by atoms with E-state index in [1.807, 2.05) is 60.7 Å². The summed E-state index contributed by atoms with van der Waals surface area (Å²) in [5.74, 6) is 2.05. The third-order valence-electron chi connectivity index (χ3n) is 6.00. The van der Waals surface area contributed by atoms with Crippen LogP contribution in [0.25, 0.3) is 21.9 Å². The monoisotopic (exact) mass is 469 g/mol. The highest BCUT2D eigenvalue weighted by molar-refractivity contribution is 6.08. The summed E-state index contributed by atoms with van der Waals surface area (Å²) in [5.41, 5.74) is 3.28. The number of ether oxygens (including phenoxy) is 4. The molecule has 35 heavy (non-hydrogen) atoms. The van der Waals surface area contributed by atoms with Crippen LogP contribution in [0.2, 0.25) is 0 Å². The fourth-order valence-electron chi connectivity index (χ4n) is 4.34. The van der Waals surface area contributed by atoms with Crippen LogP contribution in [-0.2, 0) is 11.4 Å². The van der Waals surface area contributed by atoms with Gasteiger partial charge in [0.1, 0.15) is 6.61 Å². The Morgan fingerprint density at radius 3 is 2.40 bits per heavy atom. The molecule has 0 radical (unpaired) electrons. The molecule has 0 N–H and O–H groups in total. The number of carbonyl (C=O) groups excluding carboxylic acids is 2. The predicted octanol–water partition coefficient (Wildman–Crippen LogP) is 5.23. The van der Waals surface area contributed by atoms with Crippen molar-refractivity contribution >= 4 is 29.2 Å². The van der Waals surface area contributed by atoms with Gasteiger partial charge >= 0.3 is 0 Å². The highest BCUT2D eigenvalue weighted by Gasteiger charge is 2.23. The normalized spacial score (nSPS) is 11.8. The zero-order chi connectivity index (χ0) is 24.4. The van der Waals surface area contributed by atoms with Gasteiger partial charge in [-0.05, 0) is 40.8 Å². The minimum atomic E-state index is 0.147. The van der Waals surface area contributed by atoms with Crippen molar-refractivity contribution in [2.45, 2.75) is 6.61 Å². The second kappa shape index (κ2) is 9.38. The van der Waals surface area contributed by atoms with Crippen molar-refractivity contribution in [2.75, 3.05) is 25.9 Å². The van der Waals surface area contributed by atoms with Crippen molar-refractivity contribution in [3.05, 3.63) is 77.9 Å². The molecule has 1 aliphatic rings. The number of methoxy groups -OCH3 is 1. The molecule has 0 bridgehead atoms. The average molecular weight is 469 g/mol. The standard InChI is InChI=1S/C28H23NO6/c1-29(16-31)27-21(9-8-19-12-25-26(13-22(19)27)35-17-34-25)20-10-11-24(28(32-2)23(20)14-30)33-15-18-6-4-3-5-7-18/h3-14,16H,15,17H2,1-2H3. The maximum Gasteiger partial charge on any atom is 0.231 e. The first kappa shape index (κ1) is 22.3. The number of anilines is 1. The summed E-state index contributed by atoms with van der Waals surface area (Å²) in [5, 5.41) is 1.67. The van der Waals surface area contributed by atoms with Crippen LogP contribution in [0.5, 0.6) is 23.0 Å². The van der Waals surface area contributed by atoms with Gasteiger partial charge in [-0.25, -0.2) is 0 Å². The highest BCUT2D eigenvalue weighted by Crippen LogP contribution is 2.45. The number of rotatable bonds is 8. The van der Waals surface area contributed by atoms with E-state index in [0.29, 0.717) is 52.0 Å². The van der Waals surface area contributed by atoms with Crippen LogP contribution in [0.15, 0.2) is 66.7 Å². The molecule has 1 heterocycles. The maximum absolute atomic E-state index is 12.3. The van der Waals surface area contributed by atoms with E-state index < -0.39 is 0 Å². The molecule has 0 spiro atoms. The minimum absolute atomic E-state index is 0.147. The number of fused-ring (bicyclic) bond motifs is 2. The lowest BCUT2D eigenvalue weighted by atomic mass is 9.93. The number of hydrogen-bond acceptors (Lipinski definition) is 6. The largest absolute Gasteiger partial charge is 0.492 e. The molecular formula is C28H23NO6. The van der Waals surface area contributed by atoms with E-state index in [9.17, 15) is 9.59 Å². The van der Waals surface area contributed by atoms with Crippen LogP contribution in [0.1, 0.15) is 15.9 Å². The average Bonchev–Trinajstić information content (AvgIpc) is 3.36. The smallest absolute Gasteiger partial charge is 0.231 e. The minimum Gasteiger partial charge on any atom is -0.492 e. The number of aldehydes is 1. The van der Waals surface area contributed by atoms with Crippen molar-refractivity contribution in [2.24, 2.45) is 0 Å². The Kier molecular flexibility index (Phi) is 5.97. The Hall–Kier alpha value is -4.52. The highest BCUT2D eigenvalue weighted by atomic mass is 16.7. The number of hydrogen-bond donors (Lipinski definition) is 0. The first-order valence-electron chi connectivity index (χ1n) is 11.0. The third-order valence-corrected chi connectivity index (χ3v) is 6.00. The summed E-state index contributed by atoms with van der Waals surface area (Å²) < 4.78 is 22.7. The quantitative estimate of drug-likeness (QED) is 0.329. The zero-order valence-corrected chi connectivity index (χ0v) is 19.3. The van der Waals surface area contributed by atoms with Crippen molar-refractivity contribution in [1.29, 1.82) is 0 Å². The lowest BCUT2D eigenvalue weighted by Gasteiger charge is -2.22. The SMILES string of the molecule is COc1c(OCc2ccccc2)ccc(-c2ccc3cc4c(cc3c2N(C)C=O)OCO4)c1C=O.